The molecule has 0 atom stereocenters. The quantitative estimate of drug-likeness (QED) is 0.686. The molecule has 1 aromatic heterocycles. The molecule has 7 heteroatoms. The first-order chi connectivity index (χ1) is 11.4. The monoisotopic (exact) mass is 329 g/mol. The number of aromatic nitrogens is 1. The number of fused-ring (bicyclic) bond motifs is 1. The fourth-order valence-corrected chi connectivity index (χ4v) is 2.32. The smallest absolute Gasteiger partial charge is 0.272 e. The number of H-pyrrole nitrogens is 1. The fourth-order valence-electron chi connectivity index (χ4n) is 2.32. The summed E-state index contributed by atoms with van der Waals surface area (Å²) in [6, 6.07) is 9.40. The largest absolute Gasteiger partial charge is 0.351 e. The molecule has 1 heterocycles. The van der Waals surface area contributed by atoms with Crippen LogP contribution in [0, 0.1) is 11.6 Å². The Labute approximate surface area is 135 Å². The number of aromatic amines is 1. The van der Waals surface area contributed by atoms with Crippen molar-refractivity contribution < 1.29 is 18.4 Å². The number of benzene rings is 2. The van der Waals surface area contributed by atoms with Crippen molar-refractivity contribution in [1.82, 2.24) is 4.98 Å². The van der Waals surface area contributed by atoms with Crippen LogP contribution < -0.4 is 10.6 Å². The van der Waals surface area contributed by atoms with Gasteiger partial charge in [0.25, 0.3) is 5.91 Å². The number of carbonyl (C=O) groups is 2. The van der Waals surface area contributed by atoms with Crippen LogP contribution in [0.4, 0.5) is 20.2 Å². The van der Waals surface area contributed by atoms with Gasteiger partial charge < -0.3 is 15.6 Å². The molecule has 0 aliphatic carbocycles. The molecule has 0 saturated carbocycles. The fraction of sp³-hybridized carbons (Fsp3) is 0.0588. The molecular weight excluding hydrogens is 316 g/mol. The van der Waals surface area contributed by atoms with Crippen LogP contribution >= 0.6 is 0 Å². The third-order valence-corrected chi connectivity index (χ3v) is 3.36. The highest BCUT2D eigenvalue weighted by atomic mass is 19.1. The summed E-state index contributed by atoms with van der Waals surface area (Å²) in [5, 5.41) is 5.47. The van der Waals surface area contributed by atoms with E-state index in [2.05, 4.69) is 15.6 Å². The summed E-state index contributed by atoms with van der Waals surface area (Å²) in [5.74, 6) is -1.94. The van der Waals surface area contributed by atoms with Gasteiger partial charge in [-0.2, -0.15) is 0 Å². The van der Waals surface area contributed by atoms with Gasteiger partial charge in [0.15, 0.2) is 0 Å². The van der Waals surface area contributed by atoms with Crippen molar-refractivity contribution in [2.75, 3.05) is 10.6 Å². The summed E-state index contributed by atoms with van der Waals surface area (Å²) < 4.78 is 27.1. The van der Waals surface area contributed by atoms with Gasteiger partial charge in [-0.3, -0.25) is 9.59 Å². The van der Waals surface area contributed by atoms with Gasteiger partial charge in [0.2, 0.25) is 5.91 Å². The zero-order valence-electron chi connectivity index (χ0n) is 12.6. The van der Waals surface area contributed by atoms with Crippen molar-refractivity contribution in [3.63, 3.8) is 0 Å². The highest BCUT2D eigenvalue weighted by Crippen LogP contribution is 2.22. The minimum atomic E-state index is -0.639. The van der Waals surface area contributed by atoms with Crippen LogP contribution in [0.5, 0.6) is 0 Å². The average Bonchev–Trinajstić information content (AvgIpc) is 2.93. The summed E-state index contributed by atoms with van der Waals surface area (Å²) in [5.41, 5.74) is 1.04. The first kappa shape index (κ1) is 15.7. The van der Waals surface area contributed by atoms with E-state index in [4.69, 9.17) is 0 Å². The van der Waals surface area contributed by atoms with Gasteiger partial charge in [-0.1, -0.05) is 0 Å². The first-order valence-corrected chi connectivity index (χ1v) is 7.09. The molecule has 3 N–H and O–H groups in total. The van der Waals surface area contributed by atoms with E-state index in [-0.39, 0.29) is 17.3 Å². The third kappa shape index (κ3) is 3.24. The number of anilines is 2. The second kappa shape index (κ2) is 6.11. The van der Waals surface area contributed by atoms with Gasteiger partial charge in [0, 0.05) is 23.5 Å². The third-order valence-electron chi connectivity index (χ3n) is 3.36. The van der Waals surface area contributed by atoms with Crippen LogP contribution in [0.2, 0.25) is 0 Å². The molecule has 0 aliphatic heterocycles. The second-order valence-corrected chi connectivity index (χ2v) is 5.24. The minimum Gasteiger partial charge on any atom is -0.351 e. The summed E-state index contributed by atoms with van der Waals surface area (Å²) >= 11 is 0. The molecule has 2 amide bonds. The molecule has 0 aliphatic rings. The van der Waals surface area contributed by atoms with E-state index in [1.165, 1.54) is 43.3 Å². The predicted octanol–water partition coefficient (Wildman–Crippen LogP) is 3.66. The van der Waals surface area contributed by atoms with E-state index in [0.29, 0.717) is 16.6 Å². The molecule has 0 fully saturated rings. The van der Waals surface area contributed by atoms with Crippen molar-refractivity contribution in [1.29, 1.82) is 0 Å². The average molecular weight is 329 g/mol. The van der Waals surface area contributed by atoms with Crippen LogP contribution in [0.1, 0.15) is 17.4 Å². The number of carbonyl (C=O) groups excluding carboxylic acids is 2. The number of nitrogens with one attached hydrogen (secondary N) is 3. The van der Waals surface area contributed by atoms with Gasteiger partial charge in [-0.05, 0) is 42.5 Å². The molecule has 3 rings (SSSR count). The molecule has 3 aromatic rings. The van der Waals surface area contributed by atoms with Gasteiger partial charge >= 0.3 is 0 Å². The lowest BCUT2D eigenvalue weighted by Crippen LogP contribution is -2.14. The van der Waals surface area contributed by atoms with Gasteiger partial charge in [0.1, 0.15) is 17.3 Å². The summed E-state index contributed by atoms with van der Waals surface area (Å²) in [4.78, 5) is 26.2. The Morgan fingerprint density at radius 1 is 1.00 bits per heavy atom. The van der Waals surface area contributed by atoms with Crippen LogP contribution in [-0.4, -0.2) is 16.8 Å². The maximum absolute atomic E-state index is 13.9. The van der Waals surface area contributed by atoms with Crippen molar-refractivity contribution >= 4 is 34.1 Å². The van der Waals surface area contributed by atoms with E-state index >= 15 is 0 Å². The van der Waals surface area contributed by atoms with E-state index in [1.807, 2.05) is 0 Å². The van der Waals surface area contributed by atoms with Crippen molar-refractivity contribution in [3.8, 4) is 0 Å². The molecule has 122 valence electrons. The molecule has 0 spiro atoms. The number of hydrogen-bond acceptors (Lipinski definition) is 2. The molecule has 0 unspecified atom stereocenters. The molecular formula is C17H13F2N3O2. The Morgan fingerprint density at radius 2 is 1.79 bits per heavy atom. The molecule has 0 radical (unpaired) electrons. The zero-order chi connectivity index (χ0) is 17.3. The Bertz CT molecular complexity index is 950. The highest BCUT2D eigenvalue weighted by Gasteiger charge is 2.13. The lowest BCUT2D eigenvalue weighted by molar-refractivity contribution is -0.114. The van der Waals surface area contributed by atoms with Crippen molar-refractivity contribution in [2.45, 2.75) is 6.92 Å². The molecule has 24 heavy (non-hydrogen) atoms. The van der Waals surface area contributed by atoms with Crippen LogP contribution in [0.3, 0.4) is 0 Å². The van der Waals surface area contributed by atoms with E-state index in [0.717, 1.165) is 6.07 Å². The van der Waals surface area contributed by atoms with Crippen LogP contribution in [-0.2, 0) is 4.79 Å². The summed E-state index contributed by atoms with van der Waals surface area (Å²) in [6.45, 7) is 1.32. The normalized spacial score (nSPS) is 10.6. The Morgan fingerprint density at radius 3 is 2.54 bits per heavy atom. The molecule has 2 aromatic carbocycles. The summed E-state index contributed by atoms with van der Waals surface area (Å²) in [6.07, 6.45) is 0. The highest BCUT2D eigenvalue weighted by molar-refractivity contribution is 6.06. The lowest BCUT2D eigenvalue weighted by Gasteiger charge is -2.08. The Kier molecular flexibility index (Phi) is 3.99. The maximum atomic E-state index is 13.9. The van der Waals surface area contributed by atoms with Crippen LogP contribution in [0.25, 0.3) is 10.9 Å². The van der Waals surface area contributed by atoms with Crippen LogP contribution in [0.15, 0.2) is 42.5 Å². The molecule has 0 saturated heterocycles. The minimum absolute atomic E-state index is 0.0731. The maximum Gasteiger partial charge on any atom is 0.272 e. The molecule has 5 nitrogen and oxygen atoms in total. The second-order valence-electron chi connectivity index (χ2n) is 5.24. The van der Waals surface area contributed by atoms with E-state index in [9.17, 15) is 18.4 Å². The Balaban J connectivity index is 1.86. The predicted molar refractivity (Wildman–Crippen MR) is 86.9 cm³/mol. The number of amides is 2. The van der Waals surface area contributed by atoms with Crippen molar-refractivity contribution in [2.24, 2.45) is 0 Å². The van der Waals surface area contributed by atoms with E-state index in [1.54, 1.807) is 0 Å². The number of rotatable bonds is 3. The standard InChI is InChI=1S/C17H13F2N3O2/c1-9(23)20-12-3-4-13(19)15(8-12)22-17(24)16-7-10-6-11(18)2-5-14(10)21-16/h2-8,21H,1H3,(H,20,23)(H,22,24). The zero-order valence-corrected chi connectivity index (χ0v) is 12.6. The van der Waals surface area contributed by atoms with Gasteiger partial charge in [0.05, 0.1) is 5.69 Å². The van der Waals surface area contributed by atoms with Crippen molar-refractivity contribution in [3.05, 3.63) is 59.8 Å². The first-order valence-electron chi connectivity index (χ1n) is 7.09. The SMILES string of the molecule is CC(=O)Nc1ccc(F)c(NC(=O)c2cc3cc(F)ccc3[nH]2)c1. The van der Waals surface area contributed by atoms with E-state index < -0.39 is 17.5 Å². The summed E-state index contributed by atoms with van der Waals surface area (Å²) in [7, 11) is 0. The topological polar surface area (TPSA) is 74.0 Å². The molecule has 0 bridgehead atoms. The number of hydrogen-bond donors (Lipinski definition) is 3. The number of halogens is 2. The lowest BCUT2D eigenvalue weighted by atomic mass is 10.2. The Hall–Kier alpha value is -3.22. The van der Waals surface area contributed by atoms with Gasteiger partial charge in [-0.25, -0.2) is 8.78 Å². The van der Waals surface area contributed by atoms with Gasteiger partial charge in [-0.15, -0.1) is 0 Å².